The van der Waals surface area contributed by atoms with Crippen LogP contribution in [0.4, 0.5) is 0 Å². The van der Waals surface area contributed by atoms with Gasteiger partial charge in [0.1, 0.15) is 4.88 Å². The number of aromatic nitrogens is 1. The van der Waals surface area contributed by atoms with Gasteiger partial charge in [-0.15, -0.1) is 11.3 Å². The van der Waals surface area contributed by atoms with Crippen molar-refractivity contribution in [3.63, 3.8) is 0 Å². The zero-order valence-electron chi connectivity index (χ0n) is 15.4. The van der Waals surface area contributed by atoms with E-state index in [9.17, 15) is 9.59 Å². The molecule has 0 saturated carbocycles. The number of esters is 1. The van der Waals surface area contributed by atoms with Crippen molar-refractivity contribution < 1.29 is 14.3 Å². The Labute approximate surface area is 157 Å². The Bertz CT molecular complexity index is 828. The van der Waals surface area contributed by atoms with Crippen molar-refractivity contribution in [3.05, 3.63) is 50.5 Å². The Morgan fingerprint density at radius 1 is 1.23 bits per heavy atom. The number of fused-ring (bicyclic) bond motifs is 1. The number of hydrogen-bond donors (Lipinski definition) is 1. The summed E-state index contributed by atoms with van der Waals surface area (Å²) < 4.78 is 5.13. The number of thiazole rings is 1. The smallest absolute Gasteiger partial charge is 0.350 e. The monoisotopic (exact) mass is 372 g/mol. The summed E-state index contributed by atoms with van der Waals surface area (Å²) in [6, 6.07) is 6.31. The van der Waals surface area contributed by atoms with Gasteiger partial charge in [-0.3, -0.25) is 4.79 Å². The molecule has 0 aliphatic heterocycles. The summed E-state index contributed by atoms with van der Waals surface area (Å²) in [4.78, 5) is 28.9. The number of nitrogens with zero attached hydrogens (tertiary/aromatic N) is 1. The second kappa shape index (κ2) is 7.99. The lowest BCUT2D eigenvalue weighted by atomic mass is 9.89. The summed E-state index contributed by atoms with van der Waals surface area (Å²) in [6.45, 7) is 5.26. The van der Waals surface area contributed by atoms with Gasteiger partial charge in [0.2, 0.25) is 0 Å². The van der Waals surface area contributed by atoms with E-state index in [1.54, 1.807) is 6.92 Å². The molecule has 0 fully saturated rings. The highest BCUT2D eigenvalue weighted by Crippen LogP contribution is 2.24. The Morgan fingerprint density at radius 2 is 1.96 bits per heavy atom. The minimum atomic E-state index is -0.496. The van der Waals surface area contributed by atoms with Gasteiger partial charge in [0.25, 0.3) is 5.91 Å². The molecule has 0 saturated heterocycles. The fraction of sp³-hybridized carbons (Fsp3) is 0.450. The van der Waals surface area contributed by atoms with Gasteiger partial charge in [-0.25, -0.2) is 9.78 Å². The number of carbonyl (C=O) groups excluding carboxylic acids is 2. The normalized spacial score (nSPS) is 14.4. The van der Waals surface area contributed by atoms with Gasteiger partial charge >= 0.3 is 5.97 Å². The summed E-state index contributed by atoms with van der Waals surface area (Å²) in [7, 11) is 0. The predicted octanol–water partition coefficient (Wildman–Crippen LogP) is 3.67. The molecule has 1 heterocycles. The number of rotatable bonds is 5. The Balaban J connectivity index is 1.54. The molecule has 5 nitrogen and oxygen atoms in total. The van der Waals surface area contributed by atoms with Gasteiger partial charge < -0.3 is 10.1 Å². The van der Waals surface area contributed by atoms with Crippen LogP contribution in [-0.4, -0.2) is 23.5 Å². The second-order valence-corrected chi connectivity index (χ2v) is 7.95. The molecule has 1 aliphatic rings. The molecule has 1 aromatic carbocycles. The molecule has 26 heavy (non-hydrogen) atoms. The molecule has 1 aliphatic carbocycles. The van der Waals surface area contributed by atoms with Gasteiger partial charge in [-0.1, -0.05) is 18.2 Å². The largest absolute Gasteiger partial charge is 0.451 e. The van der Waals surface area contributed by atoms with E-state index in [2.05, 4.69) is 28.5 Å². The van der Waals surface area contributed by atoms with E-state index in [0.717, 1.165) is 23.4 Å². The van der Waals surface area contributed by atoms with Crippen molar-refractivity contribution in [2.75, 3.05) is 6.61 Å². The van der Waals surface area contributed by atoms with Crippen LogP contribution in [-0.2, 0) is 22.4 Å². The lowest BCUT2D eigenvalue weighted by Gasteiger charge is -2.20. The molecular formula is C20H24N2O3S. The van der Waals surface area contributed by atoms with E-state index in [1.807, 2.05) is 13.8 Å². The number of amides is 1. The molecule has 1 atom stereocenters. The minimum Gasteiger partial charge on any atom is -0.451 e. The number of carbonyl (C=O) groups is 2. The van der Waals surface area contributed by atoms with Crippen LogP contribution >= 0.6 is 11.3 Å². The quantitative estimate of drug-likeness (QED) is 0.813. The summed E-state index contributed by atoms with van der Waals surface area (Å²) in [5.41, 5.74) is 4.53. The molecule has 6 heteroatoms. The highest BCUT2D eigenvalue weighted by Gasteiger charge is 2.18. The Kier molecular flexibility index (Phi) is 5.71. The maximum absolute atomic E-state index is 12.1. The van der Waals surface area contributed by atoms with E-state index in [-0.39, 0.29) is 18.6 Å². The third kappa shape index (κ3) is 4.30. The molecule has 0 spiro atoms. The highest BCUT2D eigenvalue weighted by molar-refractivity contribution is 7.13. The molecule has 3 rings (SSSR count). The molecule has 0 radical (unpaired) electrons. The van der Waals surface area contributed by atoms with E-state index >= 15 is 0 Å². The molecule has 1 amide bonds. The van der Waals surface area contributed by atoms with Crippen LogP contribution in [0.25, 0.3) is 0 Å². The molecule has 1 N–H and O–H groups in total. The van der Waals surface area contributed by atoms with Crippen molar-refractivity contribution in [1.82, 2.24) is 10.3 Å². The fourth-order valence-electron chi connectivity index (χ4n) is 3.31. The average Bonchev–Trinajstić information content (AvgIpc) is 2.97. The van der Waals surface area contributed by atoms with Crippen LogP contribution in [0.3, 0.4) is 0 Å². The van der Waals surface area contributed by atoms with E-state index in [0.29, 0.717) is 10.6 Å². The van der Waals surface area contributed by atoms with Crippen LogP contribution in [0.5, 0.6) is 0 Å². The van der Waals surface area contributed by atoms with Crippen molar-refractivity contribution in [1.29, 1.82) is 0 Å². The Hall–Kier alpha value is -2.21. The van der Waals surface area contributed by atoms with Gasteiger partial charge in [-0.2, -0.15) is 0 Å². The minimum absolute atomic E-state index is 0.124. The van der Waals surface area contributed by atoms with Crippen LogP contribution in [0.15, 0.2) is 18.2 Å². The molecule has 138 valence electrons. The van der Waals surface area contributed by atoms with Crippen LogP contribution in [0.1, 0.15) is 62.9 Å². The topological polar surface area (TPSA) is 68.3 Å². The van der Waals surface area contributed by atoms with Crippen molar-refractivity contribution in [2.24, 2.45) is 0 Å². The van der Waals surface area contributed by atoms with E-state index < -0.39 is 5.97 Å². The number of nitrogens with one attached hydrogen (secondary N) is 1. The van der Waals surface area contributed by atoms with Crippen LogP contribution in [0, 0.1) is 13.8 Å². The summed E-state index contributed by atoms with van der Waals surface area (Å²) in [6.07, 6.45) is 4.73. The third-order valence-electron chi connectivity index (χ3n) is 4.67. The first-order valence-corrected chi connectivity index (χ1v) is 9.78. The SMILES string of the molecule is Cc1nc(C)c(C(=O)OCC(=O)NC(C)c2ccc3c(c2)CCCC3)s1. The number of ether oxygens (including phenoxy) is 1. The fourth-order valence-corrected chi connectivity index (χ4v) is 4.12. The zero-order valence-corrected chi connectivity index (χ0v) is 16.2. The summed E-state index contributed by atoms with van der Waals surface area (Å²) >= 11 is 1.28. The highest BCUT2D eigenvalue weighted by atomic mass is 32.1. The third-order valence-corrected chi connectivity index (χ3v) is 5.73. The molecule has 1 unspecified atom stereocenters. The predicted molar refractivity (Wildman–Crippen MR) is 102 cm³/mol. The van der Waals surface area contributed by atoms with Gasteiger partial charge in [0, 0.05) is 0 Å². The maximum atomic E-state index is 12.1. The number of hydrogen-bond acceptors (Lipinski definition) is 5. The van der Waals surface area contributed by atoms with Crippen molar-refractivity contribution in [2.45, 2.75) is 52.5 Å². The first-order valence-electron chi connectivity index (χ1n) is 8.96. The number of benzene rings is 1. The van der Waals surface area contributed by atoms with Gasteiger partial charge in [0.15, 0.2) is 6.61 Å². The average molecular weight is 372 g/mol. The zero-order chi connectivity index (χ0) is 18.7. The van der Waals surface area contributed by atoms with E-state index in [1.165, 1.54) is 35.3 Å². The molecule has 0 bridgehead atoms. The molecule has 1 aromatic heterocycles. The van der Waals surface area contributed by atoms with Crippen LogP contribution in [0.2, 0.25) is 0 Å². The van der Waals surface area contributed by atoms with Crippen molar-refractivity contribution in [3.8, 4) is 0 Å². The Morgan fingerprint density at radius 3 is 2.65 bits per heavy atom. The first kappa shape index (κ1) is 18.6. The second-order valence-electron chi connectivity index (χ2n) is 6.75. The van der Waals surface area contributed by atoms with Gasteiger partial charge in [-0.05, 0) is 63.1 Å². The molecular weight excluding hydrogens is 348 g/mol. The standard InChI is InChI=1S/C20H24N2O3S/c1-12(16-9-8-15-6-4-5-7-17(15)10-16)22-18(23)11-25-20(24)19-13(2)21-14(3)26-19/h8-10,12H,4-7,11H2,1-3H3,(H,22,23). The summed E-state index contributed by atoms with van der Waals surface area (Å²) in [5.74, 6) is -0.799. The first-order chi connectivity index (χ1) is 12.4. The maximum Gasteiger partial charge on any atom is 0.350 e. The van der Waals surface area contributed by atoms with Gasteiger partial charge in [0.05, 0.1) is 16.7 Å². The van der Waals surface area contributed by atoms with Crippen LogP contribution < -0.4 is 5.32 Å². The summed E-state index contributed by atoms with van der Waals surface area (Å²) in [5, 5.41) is 3.71. The lowest BCUT2D eigenvalue weighted by Crippen LogP contribution is -2.31. The van der Waals surface area contributed by atoms with E-state index in [4.69, 9.17) is 4.74 Å². The lowest BCUT2D eigenvalue weighted by molar-refractivity contribution is -0.124. The van der Waals surface area contributed by atoms with Crippen molar-refractivity contribution >= 4 is 23.2 Å². The number of aryl methyl sites for hydroxylation is 4. The molecule has 2 aromatic rings.